The van der Waals surface area contributed by atoms with Crippen LogP contribution in [0.1, 0.15) is 44.7 Å². The van der Waals surface area contributed by atoms with Crippen molar-refractivity contribution in [2.45, 2.75) is 58.1 Å². The van der Waals surface area contributed by atoms with Gasteiger partial charge >= 0.3 is 6.18 Å². The van der Waals surface area contributed by atoms with E-state index in [2.05, 4.69) is 9.71 Å². The number of benzene rings is 1. The molecule has 4 rings (SSSR count). The molecule has 0 bridgehead atoms. The van der Waals surface area contributed by atoms with Gasteiger partial charge in [-0.1, -0.05) is 20.8 Å². The highest BCUT2D eigenvalue weighted by Crippen LogP contribution is 2.39. The number of nitrogens with zero attached hydrogens (tertiary/aromatic N) is 2. The molecule has 1 saturated carbocycles. The van der Waals surface area contributed by atoms with Gasteiger partial charge in [-0.15, -0.1) is 0 Å². The summed E-state index contributed by atoms with van der Waals surface area (Å²) in [6.07, 6.45) is 0.337. The number of pyridine rings is 1. The van der Waals surface area contributed by atoms with Gasteiger partial charge in [0.05, 0.1) is 10.8 Å². The van der Waals surface area contributed by atoms with Gasteiger partial charge in [0.25, 0.3) is 0 Å². The molecule has 1 fully saturated rings. The molecule has 1 aromatic carbocycles. The van der Waals surface area contributed by atoms with E-state index in [1.54, 1.807) is 6.20 Å². The van der Waals surface area contributed by atoms with Crippen molar-refractivity contribution in [2.24, 2.45) is 5.41 Å². The Morgan fingerprint density at radius 2 is 1.85 bits per heavy atom. The fourth-order valence-electron chi connectivity index (χ4n) is 3.90. The van der Waals surface area contributed by atoms with Crippen LogP contribution in [0.15, 0.2) is 36.8 Å². The number of aromatic nitrogens is 2. The molecule has 1 aliphatic rings. The number of fused-ring (bicyclic) bond motifs is 1. The van der Waals surface area contributed by atoms with Gasteiger partial charge in [-0.2, -0.15) is 13.2 Å². The van der Waals surface area contributed by atoms with E-state index in [0.717, 1.165) is 18.5 Å². The molecule has 10 heteroatoms. The molecule has 5 nitrogen and oxygen atoms in total. The van der Waals surface area contributed by atoms with E-state index < -0.39 is 32.8 Å². The van der Waals surface area contributed by atoms with Crippen molar-refractivity contribution in [3.05, 3.63) is 53.7 Å². The van der Waals surface area contributed by atoms with Crippen molar-refractivity contribution in [2.75, 3.05) is 0 Å². The van der Waals surface area contributed by atoms with Crippen LogP contribution >= 0.6 is 0 Å². The normalized spacial score (nSPS) is 15.4. The van der Waals surface area contributed by atoms with Crippen LogP contribution in [0.2, 0.25) is 0 Å². The second-order valence-electron chi connectivity index (χ2n) is 9.68. The van der Waals surface area contributed by atoms with Crippen LogP contribution in [0.25, 0.3) is 22.0 Å². The smallest absolute Gasteiger partial charge is 0.347 e. The summed E-state index contributed by atoms with van der Waals surface area (Å²) in [6, 6.07) is 3.39. The number of alkyl halides is 3. The molecule has 3 aromatic rings. The number of sulfonamides is 1. The van der Waals surface area contributed by atoms with Crippen LogP contribution in [0, 0.1) is 11.2 Å². The van der Waals surface area contributed by atoms with E-state index in [1.807, 2.05) is 25.3 Å². The van der Waals surface area contributed by atoms with Crippen molar-refractivity contribution in [1.82, 2.24) is 14.3 Å². The van der Waals surface area contributed by atoms with Crippen molar-refractivity contribution in [1.29, 1.82) is 0 Å². The topological polar surface area (TPSA) is 64.0 Å². The number of hydrogen-bond donors (Lipinski definition) is 1. The Kier molecular flexibility index (Phi) is 5.81. The predicted molar refractivity (Wildman–Crippen MR) is 118 cm³/mol. The SMILES string of the molecule is CC(C)(C)Cn1cc(CNS(=O)(=O)C2CC2)c2cc(F)c(-c3cnccc3C(F)(F)F)cc21. The average Bonchev–Trinajstić information content (AvgIpc) is 3.50. The third kappa shape index (κ3) is 5.06. The van der Waals surface area contributed by atoms with Crippen LogP contribution in [0.5, 0.6) is 0 Å². The molecule has 0 radical (unpaired) electrons. The molecule has 178 valence electrons. The molecule has 0 atom stereocenters. The Hall–Kier alpha value is -2.46. The highest BCUT2D eigenvalue weighted by Gasteiger charge is 2.36. The van der Waals surface area contributed by atoms with E-state index in [9.17, 15) is 21.6 Å². The first-order chi connectivity index (χ1) is 15.3. The van der Waals surface area contributed by atoms with Crippen molar-refractivity contribution in [3.8, 4) is 11.1 Å². The third-order valence-corrected chi connectivity index (χ3v) is 7.44. The lowest BCUT2D eigenvalue weighted by atomic mass is 9.96. The highest BCUT2D eigenvalue weighted by molar-refractivity contribution is 7.90. The number of rotatable bonds is 6. The maximum absolute atomic E-state index is 15.2. The Morgan fingerprint density at radius 1 is 1.15 bits per heavy atom. The van der Waals surface area contributed by atoms with Crippen LogP contribution in [-0.2, 0) is 29.3 Å². The summed E-state index contributed by atoms with van der Waals surface area (Å²) in [5, 5.41) is 0.0616. The fourth-order valence-corrected chi connectivity index (χ4v) is 5.25. The molecule has 33 heavy (non-hydrogen) atoms. The lowest BCUT2D eigenvalue weighted by molar-refractivity contribution is -0.137. The van der Waals surface area contributed by atoms with E-state index in [0.29, 0.717) is 35.9 Å². The second-order valence-corrected chi connectivity index (χ2v) is 11.7. The zero-order valence-electron chi connectivity index (χ0n) is 18.5. The first-order valence-electron chi connectivity index (χ1n) is 10.6. The predicted octanol–water partition coefficient (Wildman–Crippen LogP) is 5.49. The molecule has 0 aliphatic heterocycles. The number of halogens is 4. The maximum atomic E-state index is 15.2. The largest absolute Gasteiger partial charge is 0.417 e. The van der Waals surface area contributed by atoms with Crippen LogP contribution in [0.3, 0.4) is 0 Å². The summed E-state index contributed by atoms with van der Waals surface area (Å²) in [5.41, 5.74) is -0.617. The molecule has 0 spiro atoms. The average molecular weight is 484 g/mol. The Bertz CT molecular complexity index is 1300. The number of hydrogen-bond acceptors (Lipinski definition) is 3. The summed E-state index contributed by atoms with van der Waals surface area (Å²) in [6.45, 7) is 6.49. The lowest BCUT2D eigenvalue weighted by Crippen LogP contribution is -2.26. The van der Waals surface area contributed by atoms with Gasteiger partial charge in [0.2, 0.25) is 10.0 Å². The molecule has 0 saturated heterocycles. The minimum absolute atomic E-state index is 0.0219. The lowest BCUT2D eigenvalue weighted by Gasteiger charge is -2.20. The van der Waals surface area contributed by atoms with Gasteiger partial charge in [0.1, 0.15) is 5.82 Å². The van der Waals surface area contributed by atoms with Gasteiger partial charge in [0.15, 0.2) is 0 Å². The van der Waals surface area contributed by atoms with Crippen molar-refractivity contribution in [3.63, 3.8) is 0 Å². The molecule has 0 amide bonds. The standard InChI is InChI=1S/C23H25F4N3O2S/c1-22(2,3)13-30-12-14(10-29-33(31,32)15-4-5-15)16-8-20(24)17(9-21(16)30)18-11-28-7-6-19(18)23(25,26)27/h6-9,11-12,15,29H,4-5,10,13H2,1-3H3. The second kappa shape index (κ2) is 8.09. The van der Waals surface area contributed by atoms with Crippen molar-refractivity contribution >= 4 is 20.9 Å². The van der Waals surface area contributed by atoms with E-state index >= 15 is 4.39 Å². The monoisotopic (exact) mass is 483 g/mol. The minimum Gasteiger partial charge on any atom is -0.347 e. The van der Waals surface area contributed by atoms with Crippen LogP contribution < -0.4 is 4.72 Å². The minimum atomic E-state index is -4.67. The summed E-state index contributed by atoms with van der Waals surface area (Å²) in [7, 11) is -3.45. The van der Waals surface area contributed by atoms with E-state index in [1.165, 1.54) is 12.1 Å². The molecule has 1 aliphatic carbocycles. The Labute approximate surface area is 189 Å². The van der Waals surface area contributed by atoms with Crippen LogP contribution in [-0.4, -0.2) is 23.2 Å². The Balaban J connectivity index is 1.84. The van der Waals surface area contributed by atoms with Gasteiger partial charge < -0.3 is 4.57 Å². The quantitative estimate of drug-likeness (QED) is 0.472. The Morgan fingerprint density at radius 3 is 2.45 bits per heavy atom. The summed E-state index contributed by atoms with van der Waals surface area (Å²) >= 11 is 0. The summed E-state index contributed by atoms with van der Waals surface area (Å²) in [5.74, 6) is -0.833. The fraction of sp³-hybridized carbons (Fsp3) is 0.435. The van der Waals surface area contributed by atoms with E-state index in [4.69, 9.17) is 0 Å². The molecule has 2 aromatic heterocycles. The number of nitrogens with one attached hydrogen (secondary N) is 1. The van der Waals surface area contributed by atoms with Gasteiger partial charge in [-0.05, 0) is 42.0 Å². The summed E-state index contributed by atoms with van der Waals surface area (Å²) < 4.78 is 84.8. The van der Waals surface area contributed by atoms with Gasteiger partial charge in [-0.25, -0.2) is 17.5 Å². The molecular weight excluding hydrogens is 458 g/mol. The molecule has 1 N–H and O–H groups in total. The van der Waals surface area contributed by atoms with Crippen molar-refractivity contribution < 1.29 is 26.0 Å². The van der Waals surface area contributed by atoms with Gasteiger partial charge in [0, 0.05) is 53.7 Å². The highest BCUT2D eigenvalue weighted by atomic mass is 32.2. The molecule has 2 heterocycles. The first-order valence-corrected chi connectivity index (χ1v) is 12.1. The first kappa shape index (κ1) is 23.7. The summed E-state index contributed by atoms with van der Waals surface area (Å²) in [4.78, 5) is 3.77. The maximum Gasteiger partial charge on any atom is 0.417 e. The van der Waals surface area contributed by atoms with Gasteiger partial charge in [-0.3, -0.25) is 4.98 Å². The third-order valence-electron chi connectivity index (χ3n) is 5.54. The van der Waals surface area contributed by atoms with E-state index in [-0.39, 0.29) is 23.1 Å². The zero-order valence-corrected chi connectivity index (χ0v) is 19.3. The molecule has 0 unspecified atom stereocenters. The van der Waals surface area contributed by atoms with Crippen LogP contribution in [0.4, 0.5) is 17.6 Å². The molecular formula is C23H25F4N3O2S. The zero-order chi connectivity index (χ0) is 24.2.